The van der Waals surface area contributed by atoms with Crippen molar-refractivity contribution < 1.29 is 9.59 Å². The average molecular weight is 334 g/mol. The van der Waals surface area contributed by atoms with Gasteiger partial charge in [-0.25, -0.2) is 0 Å². The van der Waals surface area contributed by atoms with Crippen LogP contribution in [0.25, 0.3) is 0 Å². The van der Waals surface area contributed by atoms with Crippen LogP contribution in [-0.2, 0) is 11.2 Å². The zero-order valence-corrected chi connectivity index (χ0v) is 14.2. The van der Waals surface area contributed by atoms with Gasteiger partial charge in [0.1, 0.15) is 0 Å². The van der Waals surface area contributed by atoms with Crippen molar-refractivity contribution in [3.8, 4) is 0 Å². The fraction of sp³-hybridized carbons (Fsp3) is 0.333. The predicted octanol–water partition coefficient (Wildman–Crippen LogP) is 3.35. The number of nitrogens with one attached hydrogen (secondary N) is 1. The van der Waals surface area contributed by atoms with Gasteiger partial charge in [0.05, 0.1) is 0 Å². The summed E-state index contributed by atoms with van der Waals surface area (Å²) in [5, 5.41) is 2.90. The Labute approximate surface area is 147 Å². The van der Waals surface area contributed by atoms with Gasteiger partial charge in [-0.3, -0.25) is 9.59 Å². The molecule has 2 aromatic rings. The van der Waals surface area contributed by atoms with Crippen LogP contribution in [0, 0.1) is 11.8 Å². The maximum absolute atomic E-state index is 12.5. The molecule has 0 radical (unpaired) electrons. The summed E-state index contributed by atoms with van der Waals surface area (Å²) >= 11 is 0. The number of nitrogens with zero attached hydrogens (tertiary/aromatic N) is 1. The van der Waals surface area contributed by atoms with Crippen LogP contribution in [-0.4, -0.2) is 29.8 Å². The number of anilines is 1. The predicted molar refractivity (Wildman–Crippen MR) is 97.3 cm³/mol. The molecule has 25 heavy (non-hydrogen) atoms. The first-order valence-corrected chi connectivity index (χ1v) is 8.93. The summed E-state index contributed by atoms with van der Waals surface area (Å²) in [6, 6.07) is 17.6. The molecule has 128 valence electrons. The smallest absolute Gasteiger partial charge is 0.253 e. The van der Waals surface area contributed by atoms with E-state index >= 15 is 0 Å². The third kappa shape index (κ3) is 3.73. The lowest BCUT2D eigenvalue weighted by atomic mass is 9.91. The van der Waals surface area contributed by atoms with Crippen LogP contribution in [0.1, 0.15) is 28.8 Å². The Balaban J connectivity index is 1.29. The number of carbonyl (C=O) groups excluding carboxylic acids is 2. The van der Waals surface area contributed by atoms with Crippen LogP contribution >= 0.6 is 0 Å². The van der Waals surface area contributed by atoms with Crippen molar-refractivity contribution in [2.75, 3.05) is 18.4 Å². The Bertz CT molecular complexity index is 760. The molecule has 0 unspecified atom stereocenters. The van der Waals surface area contributed by atoms with Crippen LogP contribution in [0.2, 0.25) is 0 Å². The molecule has 0 atom stereocenters. The van der Waals surface area contributed by atoms with Gasteiger partial charge in [0.2, 0.25) is 5.91 Å². The Hall–Kier alpha value is -2.62. The van der Waals surface area contributed by atoms with Gasteiger partial charge < -0.3 is 10.2 Å². The lowest BCUT2D eigenvalue weighted by molar-refractivity contribution is -0.117. The molecule has 2 amide bonds. The van der Waals surface area contributed by atoms with Crippen molar-refractivity contribution in [1.29, 1.82) is 0 Å². The van der Waals surface area contributed by atoms with Crippen LogP contribution < -0.4 is 5.32 Å². The van der Waals surface area contributed by atoms with E-state index in [1.54, 1.807) is 12.1 Å². The van der Waals surface area contributed by atoms with E-state index < -0.39 is 0 Å². The van der Waals surface area contributed by atoms with E-state index in [1.807, 2.05) is 23.1 Å². The molecule has 0 aromatic heterocycles. The summed E-state index contributed by atoms with van der Waals surface area (Å²) in [5.41, 5.74) is 2.77. The average Bonchev–Trinajstić information content (AvgIpc) is 3.44. The van der Waals surface area contributed by atoms with Crippen molar-refractivity contribution in [2.24, 2.45) is 11.8 Å². The summed E-state index contributed by atoms with van der Waals surface area (Å²) in [4.78, 5) is 26.2. The van der Waals surface area contributed by atoms with E-state index in [4.69, 9.17) is 0 Å². The van der Waals surface area contributed by atoms with E-state index in [9.17, 15) is 9.59 Å². The highest BCUT2D eigenvalue weighted by Gasteiger charge is 2.31. The number of benzene rings is 2. The van der Waals surface area contributed by atoms with Gasteiger partial charge in [-0.15, -0.1) is 0 Å². The normalized spacial score (nSPS) is 17.0. The maximum Gasteiger partial charge on any atom is 0.253 e. The number of amides is 2. The molecule has 1 N–H and O–H groups in total. The molecule has 2 aromatic carbocycles. The maximum atomic E-state index is 12.5. The van der Waals surface area contributed by atoms with E-state index in [0.29, 0.717) is 11.5 Å². The topological polar surface area (TPSA) is 49.4 Å². The Morgan fingerprint density at radius 3 is 2.28 bits per heavy atom. The zero-order valence-electron chi connectivity index (χ0n) is 14.2. The molecule has 4 nitrogen and oxygen atoms in total. The minimum Gasteiger partial charge on any atom is -0.338 e. The van der Waals surface area contributed by atoms with E-state index in [1.165, 1.54) is 5.56 Å². The van der Waals surface area contributed by atoms with Crippen molar-refractivity contribution in [2.45, 2.75) is 19.3 Å². The van der Waals surface area contributed by atoms with Crippen molar-refractivity contribution >= 4 is 17.5 Å². The number of likely N-dealkylation sites (tertiary alicyclic amines) is 1. The van der Waals surface area contributed by atoms with Crippen LogP contribution in [0.5, 0.6) is 0 Å². The van der Waals surface area contributed by atoms with Gasteiger partial charge in [0, 0.05) is 30.3 Å². The Morgan fingerprint density at radius 1 is 0.960 bits per heavy atom. The third-order valence-electron chi connectivity index (χ3n) is 4.96. The van der Waals surface area contributed by atoms with E-state index in [-0.39, 0.29) is 17.7 Å². The highest BCUT2D eigenvalue weighted by Crippen LogP contribution is 2.30. The number of hydrogen-bond acceptors (Lipinski definition) is 2. The van der Waals surface area contributed by atoms with Gasteiger partial charge in [0.15, 0.2) is 0 Å². The van der Waals surface area contributed by atoms with Crippen molar-refractivity contribution in [3.05, 3.63) is 65.7 Å². The molecule has 2 aliphatic rings. The standard InChI is InChI=1S/C21H22N2O2/c24-20(17-6-7-17)22-19-10-8-18(9-11-19)21(25)23-13-16(14-23)12-15-4-2-1-3-5-15/h1-5,8-11,16-17H,6-7,12-14H2,(H,22,24). The number of carbonyl (C=O) groups is 2. The van der Waals surface area contributed by atoms with E-state index in [2.05, 4.69) is 29.6 Å². The molecule has 4 rings (SSSR count). The molecule has 1 saturated heterocycles. The van der Waals surface area contributed by atoms with Crippen LogP contribution in [0.15, 0.2) is 54.6 Å². The summed E-state index contributed by atoms with van der Waals surface area (Å²) < 4.78 is 0. The van der Waals surface area contributed by atoms with Crippen molar-refractivity contribution in [3.63, 3.8) is 0 Å². The van der Waals surface area contributed by atoms with Crippen LogP contribution in [0.3, 0.4) is 0 Å². The van der Waals surface area contributed by atoms with Crippen LogP contribution in [0.4, 0.5) is 5.69 Å². The largest absolute Gasteiger partial charge is 0.338 e. The molecule has 4 heteroatoms. The molecule has 1 heterocycles. The first-order chi connectivity index (χ1) is 12.2. The zero-order chi connectivity index (χ0) is 17.2. The molecular formula is C21H22N2O2. The minimum absolute atomic E-state index is 0.0735. The molecule has 0 spiro atoms. The van der Waals surface area contributed by atoms with Gasteiger partial charge in [-0.05, 0) is 55.0 Å². The quantitative estimate of drug-likeness (QED) is 0.911. The minimum atomic E-state index is 0.0735. The van der Waals surface area contributed by atoms with E-state index in [0.717, 1.165) is 38.0 Å². The summed E-state index contributed by atoms with van der Waals surface area (Å²) in [6.07, 6.45) is 3.00. The van der Waals surface area contributed by atoms with Gasteiger partial charge in [0.25, 0.3) is 5.91 Å². The fourth-order valence-electron chi connectivity index (χ4n) is 3.28. The third-order valence-corrected chi connectivity index (χ3v) is 4.96. The first-order valence-electron chi connectivity index (χ1n) is 8.93. The summed E-state index contributed by atoms with van der Waals surface area (Å²) in [5.74, 6) is 0.891. The van der Waals surface area contributed by atoms with Gasteiger partial charge in [-0.2, -0.15) is 0 Å². The highest BCUT2D eigenvalue weighted by molar-refractivity contribution is 5.97. The fourth-order valence-corrected chi connectivity index (χ4v) is 3.28. The van der Waals surface area contributed by atoms with Gasteiger partial charge >= 0.3 is 0 Å². The van der Waals surface area contributed by atoms with Gasteiger partial charge in [-0.1, -0.05) is 30.3 Å². The Morgan fingerprint density at radius 2 is 1.64 bits per heavy atom. The summed E-state index contributed by atoms with van der Waals surface area (Å²) in [7, 11) is 0. The molecule has 0 bridgehead atoms. The summed E-state index contributed by atoms with van der Waals surface area (Å²) in [6.45, 7) is 1.63. The second-order valence-corrected chi connectivity index (χ2v) is 7.11. The molecule has 1 aliphatic heterocycles. The molecule has 1 saturated carbocycles. The lowest BCUT2D eigenvalue weighted by Crippen LogP contribution is -2.50. The monoisotopic (exact) mass is 334 g/mol. The lowest BCUT2D eigenvalue weighted by Gasteiger charge is -2.39. The molecular weight excluding hydrogens is 312 g/mol. The SMILES string of the molecule is O=C(Nc1ccc(C(=O)N2CC(Cc3ccccc3)C2)cc1)C1CC1. The Kier molecular flexibility index (Phi) is 4.26. The molecule has 1 aliphatic carbocycles. The second kappa shape index (κ2) is 6.71. The van der Waals surface area contributed by atoms with Crippen molar-refractivity contribution in [1.82, 2.24) is 4.90 Å². The number of hydrogen-bond donors (Lipinski definition) is 1. The second-order valence-electron chi connectivity index (χ2n) is 7.11. The highest BCUT2D eigenvalue weighted by atomic mass is 16.2. The first kappa shape index (κ1) is 15.9. The molecule has 2 fully saturated rings. The number of rotatable bonds is 5.